The summed E-state index contributed by atoms with van der Waals surface area (Å²) in [6.07, 6.45) is 4.07. The highest BCUT2D eigenvalue weighted by molar-refractivity contribution is 5.32. The van der Waals surface area contributed by atoms with Crippen LogP contribution in [0.2, 0.25) is 0 Å². The van der Waals surface area contributed by atoms with Crippen LogP contribution in [0.15, 0.2) is 24.3 Å². The summed E-state index contributed by atoms with van der Waals surface area (Å²) in [5.41, 5.74) is 3.05. The zero-order chi connectivity index (χ0) is 11.7. The molecular formula is C15H22N2. The zero-order valence-corrected chi connectivity index (χ0v) is 10.7. The number of nitrogens with one attached hydrogen (secondary N) is 1. The summed E-state index contributed by atoms with van der Waals surface area (Å²) >= 11 is 0. The summed E-state index contributed by atoms with van der Waals surface area (Å²) in [5.74, 6) is 0.985. The first-order chi connectivity index (χ1) is 8.33. The second kappa shape index (κ2) is 4.79. The molecule has 1 N–H and O–H groups in total. The summed E-state index contributed by atoms with van der Waals surface area (Å²) in [5, 5.41) is 3.66. The van der Waals surface area contributed by atoms with Gasteiger partial charge in [0.1, 0.15) is 0 Å². The van der Waals surface area contributed by atoms with Crippen molar-refractivity contribution in [3.8, 4) is 0 Å². The van der Waals surface area contributed by atoms with Crippen LogP contribution in [0.3, 0.4) is 0 Å². The van der Waals surface area contributed by atoms with Crippen LogP contribution < -0.4 is 5.32 Å². The lowest BCUT2D eigenvalue weighted by atomic mass is 9.94. The zero-order valence-electron chi connectivity index (χ0n) is 10.7. The first-order valence-corrected chi connectivity index (χ1v) is 6.82. The molecule has 0 saturated heterocycles. The van der Waals surface area contributed by atoms with Gasteiger partial charge in [-0.3, -0.25) is 0 Å². The molecule has 1 saturated carbocycles. The molecule has 0 radical (unpaired) electrons. The molecule has 0 spiro atoms. The van der Waals surface area contributed by atoms with Crippen molar-refractivity contribution in [2.45, 2.75) is 25.3 Å². The van der Waals surface area contributed by atoms with E-state index in [0.29, 0.717) is 6.04 Å². The van der Waals surface area contributed by atoms with E-state index in [0.717, 1.165) is 19.0 Å². The fourth-order valence-corrected chi connectivity index (χ4v) is 2.88. The fourth-order valence-electron chi connectivity index (χ4n) is 2.88. The number of nitrogens with zero attached hydrogens (tertiary/aromatic N) is 1. The van der Waals surface area contributed by atoms with E-state index in [1.807, 2.05) is 0 Å². The predicted molar refractivity (Wildman–Crippen MR) is 71.1 cm³/mol. The summed E-state index contributed by atoms with van der Waals surface area (Å²) < 4.78 is 0. The molecule has 2 aliphatic rings. The minimum Gasteiger partial charge on any atom is -0.309 e. The standard InChI is InChI=1S/C15H22N2/c1-17(10-12-6-7-12)11-15-14-5-3-2-4-13(14)8-9-16-15/h2-5,12,15-16H,6-11H2,1H3. The average molecular weight is 230 g/mol. The molecule has 0 aromatic heterocycles. The Hall–Kier alpha value is -0.860. The van der Waals surface area contributed by atoms with E-state index in [-0.39, 0.29) is 0 Å². The summed E-state index contributed by atoms with van der Waals surface area (Å²) in [4.78, 5) is 2.50. The highest BCUT2D eigenvalue weighted by atomic mass is 15.1. The van der Waals surface area contributed by atoms with Gasteiger partial charge in [-0.05, 0) is 49.9 Å². The van der Waals surface area contributed by atoms with E-state index in [1.54, 1.807) is 0 Å². The van der Waals surface area contributed by atoms with Crippen molar-refractivity contribution >= 4 is 0 Å². The summed E-state index contributed by atoms with van der Waals surface area (Å²) in [6, 6.07) is 9.43. The summed E-state index contributed by atoms with van der Waals surface area (Å²) in [7, 11) is 2.26. The number of likely N-dealkylation sites (N-methyl/N-ethyl adjacent to an activating group) is 1. The fraction of sp³-hybridized carbons (Fsp3) is 0.600. The normalized spacial score (nSPS) is 23.8. The largest absolute Gasteiger partial charge is 0.309 e. The molecule has 2 heteroatoms. The minimum absolute atomic E-state index is 0.531. The van der Waals surface area contributed by atoms with Crippen molar-refractivity contribution < 1.29 is 0 Å². The van der Waals surface area contributed by atoms with E-state index < -0.39 is 0 Å². The molecule has 92 valence electrons. The Morgan fingerprint density at radius 3 is 2.88 bits per heavy atom. The molecule has 1 fully saturated rings. The van der Waals surface area contributed by atoms with Gasteiger partial charge in [-0.1, -0.05) is 24.3 Å². The van der Waals surface area contributed by atoms with Crippen molar-refractivity contribution in [3.05, 3.63) is 35.4 Å². The first kappa shape index (κ1) is 11.2. The molecule has 1 heterocycles. The number of hydrogen-bond acceptors (Lipinski definition) is 2. The Morgan fingerprint density at radius 2 is 2.06 bits per heavy atom. The van der Waals surface area contributed by atoms with Gasteiger partial charge in [-0.2, -0.15) is 0 Å². The molecular weight excluding hydrogens is 208 g/mol. The van der Waals surface area contributed by atoms with Gasteiger partial charge in [0.05, 0.1) is 0 Å². The quantitative estimate of drug-likeness (QED) is 0.853. The van der Waals surface area contributed by atoms with Crippen LogP contribution in [0, 0.1) is 5.92 Å². The molecule has 1 aromatic carbocycles. The lowest BCUT2D eigenvalue weighted by molar-refractivity contribution is 0.276. The number of benzene rings is 1. The van der Waals surface area contributed by atoms with Crippen LogP contribution in [0.4, 0.5) is 0 Å². The number of fused-ring (bicyclic) bond motifs is 1. The molecule has 17 heavy (non-hydrogen) atoms. The van der Waals surface area contributed by atoms with E-state index in [9.17, 15) is 0 Å². The Kier molecular flexibility index (Phi) is 3.17. The third-order valence-electron chi connectivity index (χ3n) is 3.98. The SMILES string of the molecule is CN(CC1CC1)CC1NCCc2ccccc21. The molecule has 1 aromatic rings. The molecule has 1 unspecified atom stereocenters. The highest BCUT2D eigenvalue weighted by Gasteiger charge is 2.25. The van der Waals surface area contributed by atoms with Crippen molar-refractivity contribution in [2.24, 2.45) is 5.92 Å². The lowest BCUT2D eigenvalue weighted by Crippen LogP contribution is -2.38. The van der Waals surface area contributed by atoms with Crippen molar-refractivity contribution in [3.63, 3.8) is 0 Å². The summed E-state index contributed by atoms with van der Waals surface area (Å²) in [6.45, 7) is 3.55. The third-order valence-corrected chi connectivity index (χ3v) is 3.98. The van der Waals surface area contributed by atoms with Crippen LogP contribution in [-0.4, -0.2) is 31.6 Å². The molecule has 2 nitrogen and oxygen atoms in total. The van der Waals surface area contributed by atoms with Crippen LogP contribution in [0.1, 0.15) is 30.0 Å². The van der Waals surface area contributed by atoms with Gasteiger partial charge < -0.3 is 10.2 Å². The number of hydrogen-bond donors (Lipinski definition) is 1. The smallest absolute Gasteiger partial charge is 0.0452 e. The maximum atomic E-state index is 3.66. The second-order valence-electron chi connectivity index (χ2n) is 5.62. The van der Waals surface area contributed by atoms with Crippen LogP contribution in [0.5, 0.6) is 0 Å². The maximum Gasteiger partial charge on any atom is 0.0452 e. The molecule has 1 aliphatic heterocycles. The second-order valence-corrected chi connectivity index (χ2v) is 5.62. The molecule has 0 bridgehead atoms. The van der Waals surface area contributed by atoms with E-state index in [4.69, 9.17) is 0 Å². The first-order valence-electron chi connectivity index (χ1n) is 6.82. The van der Waals surface area contributed by atoms with Gasteiger partial charge in [0.15, 0.2) is 0 Å². The Balaban J connectivity index is 1.67. The van der Waals surface area contributed by atoms with E-state index in [2.05, 4.69) is 41.5 Å². The third kappa shape index (κ3) is 2.70. The molecule has 1 atom stereocenters. The Labute approximate surface area is 104 Å². The number of rotatable bonds is 4. The molecule has 1 aliphatic carbocycles. The van der Waals surface area contributed by atoms with Gasteiger partial charge >= 0.3 is 0 Å². The van der Waals surface area contributed by atoms with Crippen LogP contribution >= 0.6 is 0 Å². The van der Waals surface area contributed by atoms with Gasteiger partial charge in [-0.15, -0.1) is 0 Å². The van der Waals surface area contributed by atoms with Crippen molar-refractivity contribution in [2.75, 3.05) is 26.7 Å². The maximum absolute atomic E-state index is 3.66. The lowest BCUT2D eigenvalue weighted by Gasteiger charge is -2.30. The van der Waals surface area contributed by atoms with E-state index in [1.165, 1.54) is 36.9 Å². The van der Waals surface area contributed by atoms with Crippen LogP contribution in [0.25, 0.3) is 0 Å². The predicted octanol–water partition coefficient (Wildman–Crippen LogP) is 2.22. The van der Waals surface area contributed by atoms with Gasteiger partial charge in [0, 0.05) is 19.1 Å². The molecule has 0 amide bonds. The van der Waals surface area contributed by atoms with Crippen molar-refractivity contribution in [1.29, 1.82) is 0 Å². The Bertz CT molecular complexity index is 384. The molecule has 3 rings (SSSR count). The van der Waals surface area contributed by atoms with E-state index >= 15 is 0 Å². The highest BCUT2D eigenvalue weighted by Crippen LogP contribution is 2.30. The van der Waals surface area contributed by atoms with Crippen molar-refractivity contribution in [1.82, 2.24) is 10.2 Å². The van der Waals surface area contributed by atoms with Crippen LogP contribution in [-0.2, 0) is 6.42 Å². The van der Waals surface area contributed by atoms with Gasteiger partial charge in [0.25, 0.3) is 0 Å². The monoisotopic (exact) mass is 230 g/mol. The average Bonchev–Trinajstić information content (AvgIpc) is 3.13. The Morgan fingerprint density at radius 1 is 1.24 bits per heavy atom. The minimum atomic E-state index is 0.531. The topological polar surface area (TPSA) is 15.3 Å². The van der Waals surface area contributed by atoms with Gasteiger partial charge in [-0.25, -0.2) is 0 Å². The van der Waals surface area contributed by atoms with Gasteiger partial charge in [0.2, 0.25) is 0 Å².